The van der Waals surface area contributed by atoms with Crippen LogP contribution in [0.4, 0.5) is 14.5 Å². The summed E-state index contributed by atoms with van der Waals surface area (Å²) in [6.45, 7) is 5.26. The topological polar surface area (TPSA) is 75.3 Å². The maximum absolute atomic E-state index is 14.5. The number of hydrogen-bond donors (Lipinski definition) is 2. The van der Waals surface area contributed by atoms with Gasteiger partial charge in [-0.2, -0.15) is 0 Å². The van der Waals surface area contributed by atoms with E-state index in [0.717, 1.165) is 22.8 Å². The molecule has 2 rings (SSSR count). The number of hydrogen-bond acceptors (Lipinski definition) is 5. The molecule has 0 spiro atoms. The van der Waals surface area contributed by atoms with E-state index in [1.165, 1.54) is 30.3 Å². The molecule has 2 aromatic rings. The van der Waals surface area contributed by atoms with Crippen LogP contribution in [0.1, 0.15) is 41.4 Å². The molecule has 0 amide bonds. The summed E-state index contributed by atoms with van der Waals surface area (Å²) >= 11 is 0. The highest BCUT2D eigenvalue weighted by atomic mass is 32.2. The molecule has 2 aromatic carbocycles. The maximum atomic E-state index is 14.5. The molecule has 8 heteroatoms. The van der Waals surface area contributed by atoms with E-state index in [2.05, 4.69) is 10.6 Å². The van der Waals surface area contributed by atoms with Gasteiger partial charge in [0.15, 0.2) is 15.6 Å². The molecule has 162 valence electrons. The molecule has 0 radical (unpaired) electrons. The molecule has 0 aromatic heterocycles. The van der Waals surface area contributed by atoms with Crippen LogP contribution in [0, 0.1) is 18.6 Å². The average Bonchev–Trinajstić information content (AvgIpc) is 2.65. The first-order valence-corrected chi connectivity index (χ1v) is 11.4. The molecule has 30 heavy (non-hydrogen) atoms. The molecule has 0 aliphatic heterocycles. The van der Waals surface area contributed by atoms with Gasteiger partial charge in [-0.05, 0) is 62.2 Å². The quantitative estimate of drug-likeness (QED) is 0.577. The van der Waals surface area contributed by atoms with Crippen LogP contribution in [0.25, 0.3) is 0 Å². The second kappa shape index (κ2) is 9.95. The molecule has 0 aliphatic carbocycles. The van der Waals surface area contributed by atoms with E-state index < -0.39 is 21.4 Å². The number of rotatable bonds is 9. The number of nitrogens with one attached hydrogen (secondary N) is 2. The zero-order chi connectivity index (χ0) is 22.5. The number of ketones is 1. The van der Waals surface area contributed by atoms with E-state index in [1.807, 2.05) is 13.8 Å². The van der Waals surface area contributed by atoms with Gasteiger partial charge < -0.3 is 10.6 Å². The zero-order valence-electron chi connectivity index (χ0n) is 17.4. The maximum Gasteiger partial charge on any atom is 0.179 e. The van der Waals surface area contributed by atoms with Gasteiger partial charge in [0.2, 0.25) is 0 Å². The Kier molecular flexibility index (Phi) is 7.86. The van der Waals surface area contributed by atoms with Crippen LogP contribution >= 0.6 is 0 Å². The van der Waals surface area contributed by atoms with Crippen molar-refractivity contribution in [2.75, 3.05) is 18.1 Å². The summed E-state index contributed by atoms with van der Waals surface area (Å²) in [4.78, 5) is 12.3. The van der Waals surface area contributed by atoms with Crippen LogP contribution in [-0.4, -0.2) is 33.0 Å². The number of halogens is 2. The van der Waals surface area contributed by atoms with Crippen molar-refractivity contribution in [1.29, 1.82) is 0 Å². The van der Waals surface area contributed by atoms with Gasteiger partial charge in [0.25, 0.3) is 0 Å². The third kappa shape index (κ3) is 7.03. The van der Waals surface area contributed by atoms with Crippen molar-refractivity contribution >= 4 is 21.3 Å². The lowest BCUT2D eigenvalue weighted by Gasteiger charge is -2.18. The van der Waals surface area contributed by atoms with Gasteiger partial charge in [-0.3, -0.25) is 4.79 Å². The number of sulfone groups is 1. The molecule has 0 fully saturated rings. The second-order valence-corrected chi connectivity index (χ2v) is 9.24. The highest BCUT2D eigenvalue weighted by Crippen LogP contribution is 2.24. The summed E-state index contributed by atoms with van der Waals surface area (Å²) in [7, 11) is -3.25. The average molecular weight is 437 g/mol. The minimum absolute atomic E-state index is 0.0677. The first-order chi connectivity index (χ1) is 14.0. The smallest absolute Gasteiger partial charge is 0.179 e. The van der Waals surface area contributed by atoms with E-state index in [4.69, 9.17) is 0 Å². The molecule has 2 atom stereocenters. The van der Waals surface area contributed by atoms with Crippen LogP contribution in [0.3, 0.4) is 0 Å². The summed E-state index contributed by atoms with van der Waals surface area (Å²) in [5.74, 6) is -1.47. The van der Waals surface area contributed by atoms with Crippen molar-refractivity contribution in [2.24, 2.45) is 0 Å². The Bertz CT molecular complexity index is 1050. The summed E-state index contributed by atoms with van der Waals surface area (Å²) in [6.07, 6.45) is 2.49. The summed E-state index contributed by atoms with van der Waals surface area (Å²) < 4.78 is 50.2. The van der Waals surface area contributed by atoms with Crippen molar-refractivity contribution in [2.45, 2.75) is 32.9 Å². The minimum Gasteiger partial charge on any atom is -0.378 e. The molecule has 0 saturated carbocycles. The number of aryl methyl sites for hydroxylation is 1. The number of carbonyl (C=O) groups is 1. The molecule has 0 bridgehead atoms. The zero-order valence-corrected chi connectivity index (χ0v) is 18.2. The Morgan fingerprint density at radius 1 is 1.13 bits per heavy atom. The number of anilines is 1. The third-order valence-electron chi connectivity index (χ3n) is 4.56. The number of benzene rings is 2. The number of Topliss-reactive ketones (excluding diaryl/α,β-unsaturated/α-hetero) is 1. The summed E-state index contributed by atoms with van der Waals surface area (Å²) in [6, 6.07) is 8.09. The minimum atomic E-state index is -3.25. The molecule has 5 nitrogen and oxygen atoms in total. The van der Waals surface area contributed by atoms with Gasteiger partial charge in [-0.25, -0.2) is 17.2 Å². The normalized spacial score (nSPS) is 13.9. The van der Waals surface area contributed by atoms with Crippen molar-refractivity contribution in [3.05, 3.63) is 76.2 Å². The van der Waals surface area contributed by atoms with Crippen molar-refractivity contribution in [3.63, 3.8) is 0 Å². The molecule has 0 saturated heterocycles. The monoisotopic (exact) mass is 436 g/mol. The van der Waals surface area contributed by atoms with Crippen LogP contribution in [0.2, 0.25) is 0 Å². The van der Waals surface area contributed by atoms with E-state index in [-0.39, 0.29) is 30.0 Å². The second-order valence-electron chi connectivity index (χ2n) is 7.31. The predicted octanol–water partition coefficient (Wildman–Crippen LogP) is 4.17. The van der Waals surface area contributed by atoms with E-state index in [0.29, 0.717) is 5.69 Å². The van der Waals surface area contributed by atoms with E-state index >= 15 is 0 Å². The first kappa shape index (κ1) is 23.7. The Morgan fingerprint density at radius 3 is 2.47 bits per heavy atom. The fraction of sp³-hybridized carbons (Fsp3) is 0.318. The SMILES string of the molecule is Cc1ccc(F)cc1[C@H](C)Nc1ccc(C(=O)CN[C@H](C)/C=C/S(C)(=O)=O)c(F)c1. The van der Waals surface area contributed by atoms with Gasteiger partial charge in [0.05, 0.1) is 12.1 Å². The molecule has 2 N–H and O–H groups in total. The van der Waals surface area contributed by atoms with Crippen molar-refractivity contribution < 1.29 is 22.0 Å². The van der Waals surface area contributed by atoms with Crippen LogP contribution < -0.4 is 10.6 Å². The molecule has 0 heterocycles. The van der Waals surface area contributed by atoms with Gasteiger partial charge in [0.1, 0.15) is 11.6 Å². The highest BCUT2D eigenvalue weighted by molar-refractivity contribution is 7.93. The fourth-order valence-corrected chi connectivity index (χ4v) is 3.44. The Morgan fingerprint density at radius 2 is 1.83 bits per heavy atom. The molecular formula is C22H26F2N2O3S. The summed E-state index contributed by atoms with van der Waals surface area (Å²) in [5.41, 5.74) is 2.07. The van der Waals surface area contributed by atoms with Crippen molar-refractivity contribution in [1.82, 2.24) is 5.32 Å². The number of carbonyl (C=O) groups excluding carboxylic acids is 1. The first-order valence-electron chi connectivity index (χ1n) is 9.43. The van der Waals surface area contributed by atoms with Gasteiger partial charge in [0, 0.05) is 29.4 Å². The lowest BCUT2D eigenvalue weighted by molar-refractivity contribution is 0.0985. The third-order valence-corrected chi connectivity index (χ3v) is 5.21. The Hall–Kier alpha value is -2.58. The van der Waals surface area contributed by atoms with Crippen LogP contribution in [0.5, 0.6) is 0 Å². The predicted molar refractivity (Wildman–Crippen MR) is 115 cm³/mol. The lowest BCUT2D eigenvalue weighted by Crippen LogP contribution is -2.30. The van der Waals surface area contributed by atoms with Crippen LogP contribution in [0.15, 0.2) is 47.9 Å². The molecule has 0 aliphatic rings. The van der Waals surface area contributed by atoms with E-state index in [9.17, 15) is 22.0 Å². The lowest BCUT2D eigenvalue weighted by atomic mass is 10.0. The summed E-state index contributed by atoms with van der Waals surface area (Å²) in [5, 5.41) is 7.01. The largest absolute Gasteiger partial charge is 0.378 e. The van der Waals surface area contributed by atoms with Gasteiger partial charge >= 0.3 is 0 Å². The van der Waals surface area contributed by atoms with Gasteiger partial charge in [-0.1, -0.05) is 12.1 Å². The Balaban J connectivity index is 2.03. The van der Waals surface area contributed by atoms with Gasteiger partial charge in [-0.15, -0.1) is 0 Å². The Labute approximate surface area is 176 Å². The van der Waals surface area contributed by atoms with Crippen molar-refractivity contribution in [3.8, 4) is 0 Å². The fourth-order valence-electron chi connectivity index (χ4n) is 2.91. The standard InChI is InChI=1S/C22H26F2N2O3S/c1-14-5-6-17(23)11-20(14)16(3)26-18-7-8-19(21(24)12-18)22(27)13-25-15(2)9-10-30(4,28)29/h5-12,15-16,25-26H,13H2,1-4H3/b10-9+/t15-,16+/m1/s1. The highest BCUT2D eigenvalue weighted by Gasteiger charge is 2.15. The molecular weight excluding hydrogens is 410 g/mol. The van der Waals surface area contributed by atoms with Crippen LogP contribution in [-0.2, 0) is 9.84 Å². The molecule has 0 unspecified atom stereocenters. The van der Waals surface area contributed by atoms with E-state index in [1.54, 1.807) is 19.1 Å².